The first-order chi connectivity index (χ1) is 34.2. The second kappa shape index (κ2) is 55.2. The molecule has 0 N–H and O–H groups in total. The lowest BCUT2D eigenvalue weighted by molar-refractivity contribution is -0.167. The van der Waals surface area contributed by atoms with E-state index in [2.05, 4.69) is 41.5 Å². The molecule has 0 heterocycles. The quantitative estimate of drug-likeness (QED) is 0.0343. The van der Waals surface area contributed by atoms with Crippen LogP contribution >= 0.6 is 0 Å². The molecule has 6 nitrogen and oxygen atoms in total. The molecule has 4 atom stereocenters. The van der Waals surface area contributed by atoms with Crippen LogP contribution < -0.4 is 0 Å². The van der Waals surface area contributed by atoms with E-state index in [1.807, 2.05) is 0 Å². The Balaban J connectivity index is 4.25. The molecule has 70 heavy (non-hydrogen) atoms. The minimum absolute atomic E-state index is 0.0632. The van der Waals surface area contributed by atoms with Crippen molar-refractivity contribution in [2.75, 3.05) is 13.2 Å². The Morgan fingerprint density at radius 3 is 0.671 bits per heavy atom. The van der Waals surface area contributed by atoms with E-state index in [1.54, 1.807) is 0 Å². The molecular weight excluding hydrogens is 865 g/mol. The average Bonchev–Trinajstić information content (AvgIpc) is 3.36. The number of carbonyl (C=O) groups excluding carboxylic acids is 3. The highest BCUT2D eigenvalue weighted by molar-refractivity contribution is 5.71. The van der Waals surface area contributed by atoms with Crippen molar-refractivity contribution in [2.45, 2.75) is 362 Å². The molecule has 6 heteroatoms. The molecule has 0 aromatic heterocycles. The number of unbranched alkanes of at least 4 members (excludes halogenated alkanes) is 37. The van der Waals surface area contributed by atoms with Crippen LogP contribution in [0.15, 0.2) is 0 Å². The highest BCUT2D eigenvalue weighted by Crippen LogP contribution is 2.20. The molecule has 0 saturated heterocycles. The maximum Gasteiger partial charge on any atom is 0.306 e. The summed E-state index contributed by atoms with van der Waals surface area (Å²) in [5.41, 5.74) is 0. The summed E-state index contributed by atoms with van der Waals surface area (Å²) in [6.07, 6.45) is 59.5. The Kier molecular flexibility index (Phi) is 53.9. The number of hydrogen-bond acceptors (Lipinski definition) is 6. The number of esters is 3. The second-order valence-corrected chi connectivity index (χ2v) is 22.8. The van der Waals surface area contributed by atoms with Crippen LogP contribution in [0.4, 0.5) is 0 Å². The molecular formula is C64H124O6. The molecule has 0 aliphatic heterocycles. The van der Waals surface area contributed by atoms with Crippen molar-refractivity contribution in [3.05, 3.63) is 0 Å². The van der Waals surface area contributed by atoms with Crippen LogP contribution in [-0.2, 0) is 28.6 Å². The van der Waals surface area contributed by atoms with Gasteiger partial charge in [-0.3, -0.25) is 14.4 Å². The molecule has 3 unspecified atom stereocenters. The van der Waals surface area contributed by atoms with Crippen LogP contribution in [0.5, 0.6) is 0 Å². The first-order valence-electron chi connectivity index (χ1n) is 31.7. The number of carbonyl (C=O) groups is 3. The summed E-state index contributed by atoms with van der Waals surface area (Å²) in [5.74, 6) is 1.81. The van der Waals surface area contributed by atoms with Crippen LogP contribution in [0.25, 0.3) is 0 Å². The molecule has 0 radical (unpaired) electrons. The van der Waals surface area contributed by atoms with E-state index < -0.39 is 6.10 Å². The zero-order chi connectivity index (χ0) is 51.2. The summed E-state index contributed by atoms with van der Waals surface area (Å²) in [6, 6.07) is 0. The fourth-order valence-corrected chi connectivity index (χ4v) is 9.79. The van der Waals surface area contributed by atoms with Gasteiger partial charge in [0.05, 0.1) is 0 Å². The monoisotopic (exact) mass is 989 g/mol. The van der Waals surface area contributed by atoms with E-state index >= 15 is 0 Å². The standard InChI is InChI=1S/C64H124O6/c1-7-58(4)50-44-38-32-26-22-18-14-12-10-11-13-15-21-25-29-37-43-49-55-64(67)70-61(57-69-63(66)54-48-42-36-31-30-34-40-46-52-60(6)9-3)56-68-62(65)53-47-41-35-28-24-20-17-16-19-23-27-33-39-45-51-59(5)8-2/h58-61H,7-57H2,1-6H3/t58?,59?,60?,61-/m1/s1. The predicted molar refractivity (Wildman–Crippen MR) is 303 cm³/mol. The molecule has 0 fully saturated rings. The van der Waals surface area contributed by atoms with Crippen molar-refractivity contribution < 1.29 is 28.6 Å². The van der Waals surface area contributed by atoms with Gasteiger partial charge in [-0.2, -0.15) is 0 Å². The van der Waals surface area contributed by atoms with Gasteiger partial charge < -0.3 is 14.2 Å². The van der Waals surface area contributed by atoms with Gasteiger partial charge in [0.15, 0.2) is 6.10 Å². The Bertz CT molecular complexity index is 1090. The zero-order valence-corrected chi connectivity index (χ0v) is 48.3. The molecule has 0 amide bonds. The van der Waals surface area contributed by atoms with E-state index in [9.17, 15) is 14.4 Å². The lowest BCUT2D eigenvalue weighted by atomic mass is 9.99. The van der Waals surface area contributed by atoms with Crippen molar-refractivity contribution in [1.82, 2.24) is 0 Å². The van der Waals surface area contributed by atoms with Crippen LogP contribution in [0.2, 0.25) is 0 Å². The van der Waals surface area contributed by atoms with Crippen molar-refractivity contribution in [3.8, 4) is 0 Å². The molecule has 416 valence electrons. The molecule has 0 rings (SSSR count). The summed E-state index contributed by atoms with van der Waals surface area (Å²) >= 11 is 0. The Morgan fingerprint density at radius 1 is 0.271 bits per heavy atom. The van der Waals surface area contributed by atoms with E-state index in [4.69, 9.17) is 14.2 Å². The highest BCUT2D eigenvalue weighted by atomic mass is 16.6. The van der Waals surface area contributed by atoms with Crippen LogP contribution in [0.3, 0.4) is 0 Å². The van der Waals surface area contributed by atoms with Gasteiger partial charge in [0.2, 0.25) is 0 Å². The molecule has 0 aliphatic carbocycles. The third-order valence-corrected chi connectivity index (χ3v) is 15.7. The predicted octanol–water partition coefficient (Wildman–Crippen LogP) is 21.1. The Morgan fingerprint density at radius 2 is 0.457 bits per heavy atom. The molecule has 0 aromatic carbocycles. The van der Waals surface area contributed by atoms with Gasteiger partial charge in [-0.25, -0.2) is 0 Å². The maximum absolute atomic E-state index is 12.9. The van der Waals surface area contributed by atoms with E-state index in [0.717, 1.165) is 75.5 Å². The summed E-state index contributed by atoms with van der Waals surface area (Å²) in [4.78, 5) is 38.3. The van der Waals surface area contributed by atoms with Crippen molar-refractivity contribution in [3.63, 3.8) is 0 Å². The van der Waals surface area contributed by atoms with Gasteiger partial charge in [0.1, 0.15) is 13.2 Å². The minimum atomic E-state index is -0.765. The van der Waals surface area contributed by atoms with E-state index in [0.29, 0.717) is 19.3 Å². The number of ether oxygens (including phenoxy) is 3. The fourth-order valence-electron chi connectivity index (χ4n) is 9.79. The van der Waals surface area contributed by atoms with Crippen molar-refractivity contribution in [2.24, 2.45) is 17.8 Å². The summed E-state index contributed by atoms with van der Waals surface area (Å²) < 4.78 is 16.9. The van der Waals surface area contributed by atoms with Crippen LogP contribution in [-0.4, -0.2) is 37.2 Å². The molecule has 0 saturated carbocycles. The summed E-state index contributed by atoms with van der Waals surface area (Å²) in [6.45, 7) is 13.9. The number of hydrogen-bond donors (Lipinski definition) is 0. The molecule has 0 aliphatic rings. The summed E-state index contributed by atoms with van der Waals surface area (Å²) in [5, 5.41) is 0. The fraction of sp³-hybridized carbons (Fsp3) is 0.953. The third kappa shape index (κ3) is 52.7. The lowest BCUT2D eigenvalue weighted by Crippen LogP contribution is -2.30. The third-order valence-electron chi connectivity index (χ3n) is 15.7. The Hall–Kier alpha value is -1.59. The highest BCUT2D eigenvalue weighted by Gasteiger charge is 2.19. The smallest absolute Gasteiger partial charge is 0.306 e. The van der Waals surface area contributed by atoms with Crippen LogP contribution in [0, 0.1) is 17.8 Å². The normalized spacial score (nSPS) is 13.3. The van der Waals surface area contributed by atoms with Crippen molar-refractivity contribution in [1.29, 1.82) is 0 Å². The van der Waals surface area contributed by atoms with Crippen molar-refractivity contribution >= 4 is 17.9 Å². The average molecular weight is 990 g/mol. The molecule has 0 aromatic rings. The van der Waals surface area contributed by atoms with Gasteiger partial charge in [-0.15, -0.1) is 0 Å². The SMILES string of the molecule is CCC(C)CCCCCCCCCCCCCCCCCCCCC(=O)O[C@H](COC(=O)CCCCCCCCCCCCCCCCC(C)CC)COC(=O)CCCCCCCCCCC(C)CC. The topological polar surface area (TPSA) is 78.9 Å². The van der Waals surface area contributed by atoms with Gasteiger partial charge in [-0.05, 0) is 37.0 Å². The molecule has 0 bridgehead atoms. The summed E-state index contributed by atoms with van der Waals surface area (Å²) in [7, 11) is 0. The first kappa shape index (κ1) is 68.4. The first-order valence-corrected chi connectivity index (χ1v) is 31.7. The van der Waals surface area contributed by atoms with Crippen LogP contribution in [0.1, 0.15) is 356 Å². The Labute approximate surface area is 438 Å². The number of rotatable bonds is 57. The zero-order valence-electron chi connectivity index (χ0n) is 48.3. The van der Waals surface area contributed by atoms with Gasteiger partial charge >= 0.3 is 17.9 Å². The lowest BCUT2D eigenvalue weighted by Gasteiger charge is -2.18. The van der Waals surface area contributed by atoms with Gasteiger partial charge in [-0.1, -0.05) is 318 Å². The largest absolute Gasteiger partial charge is 0.462 e. The van der Waals surface area contributed by atoms with Gasteiger partial charge in [0.25, 0.3) is 0 Å². The van der Waals surface area contributed by atoms with E-state index in [-0.39, 0.29) is 31.1 Å². The maximum atomic E-state index is 12.9. The second-order valence-electron chi connectivity index (χ2n) is 22.8. The molecule has 0 spiro atoms. The minimum Gasteiger partial charge on any atom is -0.462 e. The van der Waals surface area contributed by atoms with Gasteiger partial charge in [0, 0.05) is 19.3 Å². The van der Waals surface area contributed by atoms with E-state index in [1.165, 1.54) is 238 Å².